The third-order valence-electron chi connectivity index (χ3n) is 4.41. The number of nitrogens with one attached hydrogen (secondary N) is 1. The summed E-state index contributed by atoms with van der Waals surface area (Å²) >= 11 is 6.35. The van der Waals surface area contributed by atoms with Crippen LogP contribution in [0.4, 0.5) is 0 Å². The van der Waals surface area contributed by atoms with Crippen molar-refractivity contribution in [2.75, 3.05) is 27.4 Å². The van der Waals surface area contributed by atoms with Crippen LogP contribution in [0.1, 0.15) is 24.1 Å². The normalized spacial score (nSPS) is 20.1. The molecule has 2 rings (SSSR count). The number of aryl methyl sites for hydroxylation is 2. The molecule has 0 radical (unpaired) electrons. The lowest BCUT2D eigenvalue weighted by Gasteiger charge is -2.42. The minimum Gasteiger partial charge on any atom is -0.381 e. The van der Waals surface area contributed by atoms with Crippen molar-refractivity contribution in [1.82, 2.24) is 15.1 Å². The zero-order valence-corrected chi connectivity index (χ0v) is 13.5. The molecule has 1 aliphatic rings. The minimum absolute atomic E-state index is 0.191. The Bertz CT molecular complexity index is 456. The molecule has 0 spiro atoms. The molecule has 0 aliphatic carbocycles. The van der Waals surface area contributed by atoms with Crippen LogP contribution in [0.2, 0.25) is 5.15 Å². The molecular weight excluding hydrogens is 278 g/mol. The summed E-state index contributed by atoms with van der Waals surface area (Å²) < 4.78 is 13.1. The molecule has 1 aliphatic heterocycles. The lowest BCUT2D eigenvalue weighted by molar-refractivity contribution is -0.109. The van der Waals surface area contributed by atoms with Crippen molar-refractivity contribution in [3.05, 3.63) is 16.4 Å². The van der Waals surface area contributed by atoms with Gasteiger partial charge in [-0.1, -0.05) is 11.6 Å². The zero-order valence-electron chi connectivity index (χ0n) is 12.7. The molecule has 0 aromatic carbocycles. The molecule has 1 unspecified atom stereocenters. The molecule has 1 aromatic heterocycles. The maximum atomic E-state index is 6.35. The standard InChI is InChI=1S/C14H24ClN3O2/c1-10-11(13(15)18(3)17-10)9-12(16-2)14(19-4)5-7-20-8-6-14/h12,16H,5-9H2,1-4H3. The Morgan fingerprint density at radius 1 is 1.50 bits per heavy atom. The number of halogens is 1. The van der Waals surface area contributed by atoms with E-state index in [4.69, 9.17) is 21.1 Å². The first-order chi connectivity index (χ1) is 9.54. The highest BCUT2D eigenvalue weighted by Gasteiger charge is 2.40. The summed E-state index contributed by atoms with van der Waals surface area (Å²) in [5, 5.41) is 8.49. The van der Waals surface area contributed by atoms with Crippen LogP contribution in [0, 0.1) is 6.92 Å². The van der Waals surface area contributed by atoms with E-state index in [2.05, 4.69) is 10.4 Å². The maximum absolute atomic E-state index is 6.35. The van der Waals surface area contributed by atoms with Gasteiger partial charge in [0.25, 0.3) is 0 Å². The Morgan fingerprint density at radius 2 is 2.15 bits per heavy atom. The Morgan fingerprint density at radius 3 is 2.60 bits per heavy atom. The van der Waals surface area contributed by atoms with Gasteiger partial charge < -0.3 is 14.8 Å². The average Bonchev–Trinajstić information content (AvgIpc) is 2.71. The lowest BCUT2D eigenvalue weighted by Crippen LogP contribution is -2.55. The lowest BCUT2D eigenvalue weighted by atomic mass is 9.82. The van der Waals surface area contributed by atoms with Crippen molar-refractivity contribution in [3.8, 4) is 0 Å². The van der Waals surface area contributed by atoms with E-state index in [1.807, 2.05) is 21.0 Å². The predicted octanol–water partition coefficient (Wildman–Crippen LogP) is 1.71. The van der Waals surface area contributed by atoms with Gasteiger partial charge in [-0.2, -0.15) is 5.10 Å². The van der Waals surface area contributed by atoms with Crippen LogP contribution in [0.3, 0.4) is 0 Å². The summed E-state index contributed by atoms with van der Waals surface area (Å²) in [6, 6.07) is 0.191. The van der Waals surface area contributed by atoms with E-state index in [0.717, 1.165) is 43.7 Å². The van der Waals surface area contributed by atoms with Crippen LogP contribution >= 0.6 is 11.6 Å². The molecule has 5 nitrogen and oxygen atoms in total. The van der Waals surface area contributed by atoms with Crippen LogP contribution in [0.5, 0.6) is 0 Å². The molecule has 20 heavy (non-hydrogen) atoms. The second kappa shape index (κ2) is 6.43. The number of ether oxygens (including phenoxy) is 2. The van der Waals surface area contributed by atoms with E-state index < -0.39 is 0 Å². The van der Waals surface area contributed by atoms with Crippen LogP contribution in [-0.2, 0) is 22.9 Å². The first kappa shape index (κ1) is 15.8. The van der Waals surface area contributed by atoms with E-state index in [0.29, 0.717) is 5.15 Å². The monoisotopic (exact) mass is 301 g/mol. The maximum Gasteiger partial charge on any atom is 0.130 e. The van der Waals surface area contributed by atoms with Crippen molar-refractivity contribution in [3.63, 3.8) is 0 Å². The summed E-state index contributed by atoms with van der Waals surface area (Å²) in [7, 11) is 5.63. The second-order valence-corrected chi connectivity index (χ2v) is 5.76. The molecule has 1 atom stereocenters. The molecule has 114 valence electrons. The quantitative estimate of drug-likeness (QED) is 0.899. The second-order valence-electron chi connectivity index (χ2n) is 5.41. The molecule has 0 bridgehead atoms. The highest BCUT2D eigenvalue weighted by Crippen LogP contribution is 2.32. The van der Waals surface area contributed by atoms with Gasteiger partial charge in [-0.3, -0.25) is 4.68 Å². The third kappa shape index (κ3) is 2.86. The predicted molar refractivity (Wildman–Crippen MR) is 79.3 cm³/mol. The highest BCUT2D eigenvalue weighted by atomic mass is 35.5. The molecule has 1 N–H and O–H groups in total. The SMILES string of the molecule is CNC(Cc1c(C)nn(C)c1Cl)C1(OC)CCOCC1. The fraction of sp³-hybridized carbons (Fsp3) is 0.786. The molecule has 2 heterocycles. The fourth-order valence-electron chi connectivity index (χ4n) is 3.07. The number of hydrogen-bond donors (Lipinski definition) is 1. The molecule has 0 amide bonds. The molecule has 0 saturated carbocycles. The first-order valence-electron chi connectivity index (χ1n) is 7.02. The highest BCUT2D eigenvalue weighted by molar-refractivity contribution is 6.30. The molecule has 6 heteroatoms. The Hall–Kier alpha value is -0.620. The van der Waals surface area contributed by atoms with Crippen LogP contribution in [0.15, 0.2) is 0 Å². The number of nitrogens with zero attached hydrogens (tertiary/aromatic N) is 2. The Kier molecular flexibility index (Phi) is 5.07. The van der Waals surface area contributed by atoms with Gasteiger partial charge in [0.05, 0.1) is 11.3 Å². The van der Waals surface area contributed by atoms with E-state index in [-0.39, 0.29) is 11.6 Å². The third-order valence-corrected chi connectivity index (χ3v) is 4.88. The molecular formula is C14H24ClN3O2. The van der Waals surface area contributed by atoms with Crippen molar-refractivity contribution < 1.29 is 9.47 Å². The van der Waals surface area contributed by atoms with E-state index in [1.165, 1.54) is 0 Å². The van der Waals surface area contributed by atoms with Crippen LogP contribution in [-0.4, -0.2) is 48.8 Å². The summed E-state index contributed by atoms with van der Waals surface area (Å²) in [5.41, 5.74) is 1.88. The van der Waals surface area contributed by atoms with Gasteiger partial charge in [0.1, 0.15) is 5.15 Å². The van der Waals surface area contributed by atoms with Crippen molar-refractivity contribution in [1.29, 1.82) is 0 Å². The summed E-state index contributed by atoms with van der Waals surface area (Å²) in [5.74, 6) is 0. The first-order valence-corrected chi connectivity index (χ1v) is 7.40. The Labute approximate surface area is 125 Å². The summed E-state index contributed by atoms with van der Waals surface area (Å²) in [4.78, 5) is 0. The fourth-order valence-corrected chi connectivity index (χ4v) is 3.32. The van der Waals surface area contributed by atoms with Gasteiger partial charge in [0.15, 0.2) is 0 Å². The van der Waals surface area contributed by atoms with Gasteiger partial charge in [-0.15, -0.1) is 0 Å². The van der Waals surface area contributed by atoms with Gasteiger partial charge in [0.2, 0.25) is 0 Å². The minimum atomic E-state index is -0.196. The molecule has 1 saturated heterocycles. The summed E-state index contributed by atoms with van der Waals surface area (Å²) in [6.07, 6.45) is 2.60. The van der Waals surface area contributed by atoms with E-state index >= 15 is 0 Å². The number of likely N-dealkylation sites (N-methyl/N-ethyl adjacent to an activating group) is 1. The van der Waals surface area contributed by atoms with Gasteiger partial charge in [-0.25, -0.2) is 0 Å². The molecule has 1 fully saturated rings. The number of methoxy groups -OCH3 is 1. The molecule has 1 aromatic rings. The number of rotatable bonds is 5. The number of hydrogen-bond acceptors (Lipinski definition) is 4. The van der Waals surface area contributed by atoms with Gasteiger partial charge >= 0.3 is 0 Å². The smallest absolute Gasteiger partial charge is 0.130 e. The van der Waals surface area contributed by atoms with Crippen LogP contribution in [0.25, 0.3) is 0 Å². The number of aromatic nitrogens is 2. The Balaban J connectivity index is 2.23. The zero-order chi connectivity index (χ0) is 14.8. The van der Waals surface area contributed by atoms with Crippen molar-refractivity contribution >= 4 is 11.6 Å². The average molecular weight is 302 g/mol. The summed E-state index contributed by atoms with van der Waals surface area (Å²) in [6.45, 7) is 3.48. The largest absolute Gasteiger partial charge is 0.381 e. The van der Waals surface area contributed by atoms with Gasteiger partial charge in [0, 0.05) is 51.8 Å². The topological polar surface area (TPSA) is 48.3 Å². The van der Waals surface area contributed by atoms with Crippen molar-refractivity contribution in [2.24, 2.45) is 7.05 Å². The van der Waals surface area contributed by atoms with E-state index in [9.17, 15) is 0 Å². The van der Waals surface area contributed by atoms with Crippen molar-refractivity contribution in [2.45, 2.75) is 37.8 Å². The van der Waals surface area contributed by atoms with E-state index in [1.54, 1.807) is 11.8 Å². The van der Waals surface area contributed by atoms with Gasteiger partial charge in [-0.05, 0) is 20.4 Å². The van der Waals surface area contributed by atoms with Crippen LogP contribution < -0.4 is 5.32 Å².